The van der Waals surface area contributed by atoms with Crippen molar-refractivity contribution in [2.45, 2.75) is 46.8 Å². The molecule has 6 nitrogen and oxygen atoms in total. The molecule has 124 valence electrons. The maximum absolute atomic E-state index is 12.4. The Morgan fingerprint density at radius 3 is 2.35 bits per heavy atom. The van der Waals surface area contributed by atoms with Crippen LogP contribution in [0.3, 0.4) is 0 Å². The summed E-state index contributed by atoms with van der Waals surface area (Å²) in [5.74, 6) is 1.97. The first-order valence-corrected chi connectivity index (χ1v) is 7.79. The summed E-state index contributed by atoms with van der Waals surface area (Å²) >= 11 is 0. The molecule has 0 spiro atoms. The molecular formula is C17H24N4O2. The SMILES string of the molecule is Cc1ccc(OC(C)C(=O)NC(c2n[nH]c(C)n2)C(C)C)cc1. The summed E-state index contributed by atoms with van der Waals surface area (Å²) in [5.41, 5.74) is 1.15. The highest BCUT2D eigenvalue weighted by atomic mass is 16.5. The third-order valence-electron chi connectivity index (χ3n) is 3.56. The fourth-order valence-electron chi connectivity index (χ4n) is 2.17. The van der Waals surface area contributed by atoms with Gasteiger partial charge in [0.05, 0.1) is 6.04 Å². The smallest absolute Gasteiger partial charge is 0.261 e. The Bertz CT molecular complexity index is 649. The van der Waals surface area contributed by atoms with E-state index < -0.39 is 6.10 Å². The lowest BCUT2D eigenvalue weighted by Crippen LogP contribution is -2.40. The van der Waals surface area contributed by atoms with Crippen molar-refractivity contribution in [1.82, 2.24) is 20.5 Å². The van der Waals surface area contributed by atoms with Crippen LogP contribution in [0, 0.1) is 19.8 Å². The van der Waals surface area contributed by atoms with E-state index in [1.165, 1.54) is 0 Å². The normalized spacial score (nSPS) is 13.7. The number of amides is 1. The molecule has 2 N–H and O–H groups in total. The molecule has 2 atom stereocenters. The van der Waals surface area contributed by atoms with E-state index in [1.54, 1.807) is 6.92 Å². The van der Waals surface area contributed by atoms with Gasteiger partial charge in [-0.05, 0) is 38.8 Å². The fraction of sp³-hybridized carbons (Fsp3) is 0.471. The van der Waals surface area contributed by atoms with Crippen molar-refractivity contribution >= 4 is 5.91 Å². The monoisotopic (exact) mass is 316 g/mol. The lowest BCUT2D eigenvalue weighted by atomic mass is 10.0. The average molecular weight is 316 g/mol. The van der Waals surface area contributed by atoms with Gasteiger partial charge in [-0.1, -0.05) is 31.5 Å². The Labute approximate surface area is 136 Å². The molecule has 0 fully saturated rings. The molecule has 0 radical (unpaired) electrons. The maximum Gasteiger partial charge on any atom is 0.261 e. The number of rotatable bonds is 6. The summed E-state index contributed by atoms with van der Waals surface area (Å²) < 4.78 is 5.69. The number of ether oxygens (including phenoxy) is 1. The van der Waals surface area contributed by atoms with Crippen LogP contribution < -0.4 is 10.1 Å². The molecule has 1 heterocycles. The number of aryl methyl sites for hydroxylation is 2. The van der Waals surface area contributed by atoms with E-state index in [-0.39, 0.29) is 17.9 Å². The minimum atomic E-state index is -0.598. The van der Waals surface area contributed by atoms with Gasteiger partial charge < -0.3 is 10.1 Å². The molecule has 23 heavy (non-hydrogen) atoms. The first kappa shape index (κ1) is 17.0. The van der Waals surface area contributed by atoms with Crippen LogP contribution in [-0.2, 0) is 4.79 Å². The highest BCUT2D eigenvalue weighted by molar-refractivity contribution is 5.81. The van der Waals surface area contributed by atoms with E-state index in [0.29, 0.717) is 11.6 Å². The molecule has 2 rings (SSSR count). The summed E-state index contributed by atoms with van der Waals surface area (Å²) in [6.45, 7) is 9.60. The van der Waals surface area contributed by atoms with E-state index in [2.05, 4.69) is 20.5 Å². The fourth-order valence-corrected chi connectivity index (χ4v) is 2.17. The van der Waals surface area contributed by atoms with E-state index in [1.807, 2.05) is 52.0 Å². The van der Waals surface area contributed by atoms with Gasteiger partial charge in [0.2, 0.25) is 0 Å². The van der Waals surface area contributed by atoms with Crippen LogP contribution >= 0.6 is 0 Å². The highest BCUT2D eigenvalue weighted by Crippen LogP contribution is 2.19. The van der Waals surface area contributed by atoms with Crippen LogP contribution in [0.15, 0.2) is 24.3 Å². The molecule has 0 aliphatic carbocycles. The first-order valence-electron chi connectivity index (χ1n) is 7.79. The number of aromatic nitrogens is 3. The molecule has 0 aliphatic heterocycles. The number of carbonyl (C=O) groups is 1. The predicted molar refractivity (Wildman–Crippen MR) is 88.1 cm³/mol. The van der Waals surface area contributed by atoms with Gasteiger partial charge in [-0.15, -0.1) is 0 Å². The van der Waals surface area contributed by atoms with Crippen molar-refractivity contribution in [3.05, 3.63) is 41.5 Å². The summed E-state index contributed by atoms with van der Waals surface area (Å²) in [5, 5.41) is 9.93. The van der Waals surface area contributed by atoms with E-state index in [0.717, 1.165) is 11.4 Å². The summed E-state index contributed by atoms with van der Waals surface area (Å²) in [6.07, 6.45) is -0.598. The second-order valence-corrected chi connectivity index (χ2v) is 6.08. The van der Waals surface area contributed by atoms with Crippen molar-refractivity contribution in [2.24, 2.45) is 5.92 Å². The summed E-state index contributed by atoms with van der Waals surface area (Å²) in [6, 6.07) is 7.37. The van der Waals surface area contributed by atoms with Crippen LogP contribution in [0.1, 0.15) is 44.0 Å². The van der Waals surface area contributed by atoms with Crippen molar-refractivity contribution in [3.8, 4) is 5.75 Å². The van der Waals surface area contributed by atoms with Gasteiger partial charge in [-0.3, -0.25) is 9.89 Å². The van der Waals surface area contributed by atoms with Crippen LogP contribution in [-0.4, -0.2) is 27.2 Å². The number of aromatic amines is 1. The molecule has 2 aromatic rings. The van der Waals surface area contributed by atoms with Gasteiger partial charge in [-0.2, -0.15) is 5.10 Å². The predicted octanol–water partition coefficient (Wildman–Crippen LogP) is 2.70. The second kappa shape index (κ2) is 7.26. The molecule has 1 amide bonds. The molecule has 0 saturated heterocycles. The standard InChI is InChI=1S/C17H24N4O2/c1-10(2)15(16-18-13(5)20-21-16)19-17(22)12(4)23-14-8-6-11(3)7-9-14/h6-10,12,15H,1-5H3,(H,19,22)(H,18,20,21). The zero-order valence-electron chi connectivity index (χ0n) is 14.3. The summed E-state index contributed by atoms with van der Waals surface area (Å²) in [4.78, 5) is 16.7. The van der Waals surface area contributed by atoms with E-state index in [4.69, 9.17) is 4.74 Å². The number of nitrogens with zero attached hydrogens (tertiary/aromatic N) is 2. The minimum Gasteiger partial charge on any atom is -0.481 e. The summed E-state index contributed by atoms with van der Waals surface area (Å²) in [7, 11) is 0. The first-order chi connectivity index (χ1) is 10.9. The van der Waals surface area contributed by atoms with Crippen LogP contribution in [0.5, 0.6) is 5.75 Å². The van der Waals surface area contributed by atoms with Crippen molar-refractivity contribution in [1.29, 1.82) is 0 Å². The van der Waals surface area contributed by atoms with Gasteiger partial charge in [0.1, 0.15) is 11.6 Å². The lowest BCUT2D eigenvalue weighted by Gasteiger charge is -2.22. The van der Waals surface area contributed by atoms with Crippen LogP contribution in [0.2, 0.25) is 0 Å². The number of nitrogens with one attached hydrogen (secondary N) is 2. The minimum absolute atomic E-state index is 0.167. The second-order valence-electron chi connectivity index (χ2n) is 6.08. The molecule has 1 aromatic heterocycles. The van der Waals surface area contributed by atoms with Crippen molar-refractivity contribution in [2.75, 3.05) is 0 Å². The third-order valence-corrected chi connectivity index (χ3v) is 3.56. The molecule has 1 aromatic carbocycles. The molecule has 6 heteroatoms. The Balaban J connectivity index is 2.01. The van der Waals surface area contributed by atoms with Gasteiger partial charge in [0.15, 0.2) is 11.9 Å². The van der Waals surface area contributed by atoms with E-state index >= 15 is 0 Å². The Hall–Kier alpha value is -2.37. The quantitative estimate of drug-likeness (QED) is 0.858. The zero-order valence-corrected chi connectivity index (χ0v) is 14.3. The Morgan fingerprint density at radius 2 is 1.83 bits per heavy atom. The lowest BCUT2D eigenvalue weighted by molar-refractivity contribution is -0.128. The molecule has 2 unspecified atom stereocenters. The number of hydrogen-bond donors (Lipinski definition) is 2. The number of benzene rings is 1. The van der Waals surface area contributed by atoms with E-state index in [9.17, 15) is 4.79 Å². The maximum atomic E-state index is 12.4. The molecular weight excluding hydrogens is 292 g/mol. The van der Waals surface area contributed by atoms with Gasteiger partial charge >= 0.3 is 0 Å². The highest BCUT2D eigenvalue weighted by Gasteiger charge is 2.25. The average Bonchev–Trinajstić information content (AvgIpc) is 2.92. The van der Waals surface area contributed by atoms with Gasteiger partial charge in [0, 0.05) is 0 Å². The Kier molecular flexibility index (Phi) is 5.36. The van der Waals surface area contributed by atoms with Crippen LogP contribution in [0.25, 0.3) is 0 Å². The molecule has 0 bridgehead atoms. The number of H-pyrrole nitrogens is 1. The molecule has 0 saturated carbocycles. The third kappa shape index (κ3) is 4.55. The van der Waals surface area contributed by atoms with Crippen molar-refractivity contribution < 1.29 is 9.53 Å². The molecule has 0 aliphatic rings. The largest absolute Gasteiger partial charge is 0.481 e. The zero-order chi connectivity index (χ0) is 17.0. The Morgan fingerprint density at radius 1 is 1.17 bits per heavy atom. The van der Waals surface area contributed by atoms with Crippen molar-refractivity contribution in [3.63, 3.8) is 0 Å². The van der Waals surface area contributed by atoms with Gasteiger partial charge in [0.25, 0.3) is 5.91 Å². The number of hydrogen-bond acceptors (Lipinski definition) is 4. The van der Waals surface area contributed by atoms with Gasteiger partial charge in [-0.25, -0.2) is 4.98 Å². The van der Waals surface area contributed by atoms with Crippen LogP contribution in [0.4, 0.5) is 0 Å². The topological polar surface area (TPSA) is 79.9 Å². The number of carbonyl (C=O) groups excluding carboxylic acids is 1.